The van der Waals surface area contributed by atoms with Crippen LogP contribution in [0.15, 0.2) is 18.2 Å². The second kappa shape index (κ2) is 4.07. The van der Waals surface area contributed by atoms with Gasteiger partial charge in [0, 0.05) is 11.7 Å². The van der Waals surface area contributed by atoms with Crippen molar-refractivity contribution in [2.24, 2.45) is 5.41 Å². The number of hydrogen-bond donors (Lipinski definition) is 2. The highest BCUT2D eigenvalue weighted by Crippen LogP contribution is 2.52. The van der Waals surface area contributed by atoms with Gasteiger partial charge in [0.25, 0.3) is 0 Å². The summed E-state index contributed by atoms with van der Waals surface area (Å²) in [7, 11) is 0. The fourth-order valence-electron chi connectivity index (χ4n) is 3.49. The lowest BCUT2D eigenvalue weighted by atomic mass is 9.87. The number of anilines is 1. The first kappa shape index (κ1) is 11.5. The van der Waals surface area contributed by atoms with Gasteiger partial charge in [0.2, 0.25) is 5.91 Å². The highest BCUT2D eigenvalue weighted by Gasteiger charge is 2.52. The standard InChI is InChI=1S/C16H20N2O/c19-15-16(6-7-16)10-12-9-11(4-5-14(12)18-15)13-3-1-2-8-17-13/h4-5,9,13,17H,1-3,6-8,10H2,(H,18,19). The Hall–Kier alpha value is -1.35. The summed E-state index contributed by atoms with van der Waals surface area (Å²) < 4.78 is 0. The molecule has 1 aliphatic carbocycles. The average Bonchev–Trinajstić information content (AvgIpc) is 3.21. The van der Waals surface area contributed by atoms with Crippen LogP contribution in [0.2, 0.25) is 0 Å². The smallest absolute Gasteiger partial charge is 0.230 e. The Kier molecular flexibility index (Phi) is 2.46. The minimum Gasteiger partial charge on any atom is -0.325 e. The van der Waals surface area contributed by atoms with Crippen LogP contribution >= 0.6 is 0 Å². The summed E-state index contributed by atoms with van der Waals surface area (Å²) in [5, 5.41) is 6.68. The van der Waals surface area contributed by atoms with Gasteiger partial charge in [0.05, 0.1) is 5.41 Å². The van der Waals surface area contributed by atoms with E-state index in [1.54, 1.807) is 0 Å². The Labute approximate surface area is 113 Å². The SMILES string of the molecule is O=C1Nc2ccc(C3CCCCN3)cc2CC12CC2. The molecule has 2 N–H and O–H groups in total. The number of amides is 1. The van der Waals surface area contributed by atoms with Gasteiger partial charge in [0.15, 0.2) is 0 Å². The molecule has 19 heavy (non-hydrogen) atoms. The highest BCUT2D eigenvalue weighted by molar-refractivity contribution is 6.00. The third kappa shape index (κ3) is 1.88. The fourth-order valence-corrected chi connectivity index (χ4v) is 3.49. The molecule has 0 aromatic heterocycles. The molecule has 1 aromatic carbocycles. The van der Waals surface area contributed by atoms with Crippen LogP contribution in [0.3, 0.4) is 0 Å². The molecule has 2 fully saturated rings. The average molecular weight is 256 g/mol. The molecule has 0 bridgehead atoms. The molecule has 1 amide bonds. The fraction of sp³-hybridized carbons (Fsp3) is 0.562. The molecule has 3 heteroatoms. The molecule has 1 unspecified atom stereocenters. The quantitative estimate of drug-likeness (QED) is 0.811. The Balaban J connectivity index is 1.64. The molecule has 2 heterocycles. The summed E-state index contributed by atoms with van der Waals surface area (Å²) in [5.74, 6) is 0.239. The molecule has 3 nitrogen and oxygen atoms in total. The number of nitrogens with one attached hydrogen (secondary N) is 2. The summed E-state index contributed by atoms with van der Waals surface area (Å²) >= 11 is 0. The van der Waals surface area contributed by atoms with Crippen LogP contribution in [0, 0.1) is 5.41 Å². The van der Waals surface area contributed by atoms with Crippen LogP contribution in [0.1, 0.15) is 49.3 Å². The second-order valence-corrected chi connectivity index (χ2v) is 6.33. The van der Waals surface area contributed by atoms with E-state index < -0.39 is 0 Å². The van der Waals surface area contributed by atoms with Crippen molar-refractivity contribution in [1.82, 2.24) is 5.32 Å². The lowest BCUT2D eigenvalue weighted by Crippen LogP contribution is -2.32. The molecule has 1 spiro atoms. The minimum atomic E-state index is -0.0500. The summed E-state index contributed by atoms with van der Waals surface area (Å²) in [6.45, 7) is 1.13. The van der Waals surface area contributed by atoms with Crippen LogP contribution in [0.25, 0.3) is 0 Å². The van der Waals surface area contributed by atoms with E-state index in [2.05, 4.69) is 28.8 Å². The van der Waals surface area contributed by atoms with Crippen LogP contribution in [-0.4, -0.2) is 12.5 Å². The number of fused-ring (bicyclic) bond motifs is 1. The molecule has 1 aromatic rings. The molecule has 1 saturated carbocycles. The molecule has 1 atom stereocenters. The summed E-state index contributed by atoms with van der Waals surface area (Å²) in [4.78, 5) is 12.0. The molecule has 1 saturated heterocycles. The number of carbonyl (C=O) groups is 1. The first-order valence-corrected chi connectivity index (χ1v) is 7.45. The number of piperidine rings is 1. The largest absolute Gasteiger partial charge is 0.325 e. The van der Waals surface area contributed by atoms with E-state index in [-0.39, 0.29) is 11.3 Å². The van der Waals surface area contributed by atoms with Gasteiger partial charge in [-0.15, -0.1) is 0 Å². The number of benzene rings is 1. The molecule has 3 aliphatic rings. The van der Waals surface area contributed by atoms with Crippen molar-refractivity contribution < 1.29 is 4.79 Å². The molecule has 4 rings (SSSR count). The predicted octanol–water partition coefficient (Wildman–Crippen LogP) is 2.78. The van der Waals surface area contributed by atoms with Crippen molar-refractivity contribution in [3.63, 3.8) is 0 Å². The zero-order chi connectivity index (χ0) is 12.9. The lowest BCUT2D eigenvalue weighted by Gasteiger charge is -2.28. The van der Waals surface area contributed by atoms with Crippen molar-refractivity contribution >= 4 is 11.6 Å². The van der Waals surface area contributed by atoms with Gasteiger partial charge < -0.3 is 10.6 Å². The van der Waals surface area contributed by atoms with Crippen LogP contribution in [-0.2, 0) is 11.2 Å². The van der Waals surface area contributed by atoms with Gasteiger partial charge in [-0.1, -0.05) is 18.6 Å². The third-order valence-electron chi connectivity index (χ3n) is 4.95. The zero-order valence-electron chi connectivity index (χ0n) is 11.2. The Bertz CT molecular complexity index is 528. The molecular weight excluding hydrogens is 236 g/mol. The van der Waals surface area contributed by atoms with Gasteiger partial charge in [0.1, 0.15) is 0 Å². The minimum absolute atomic E-state index is 0.0500. The van der Waals surface area contributed by atoms with Gasteiger partial charge in [-0.25, -0.2) is 0 Å². The van der Waals surface area contributed by atoms with E-state index >= 15 is 0 Å². The molecular formula is C16H20N2O. The molecule has 2 aliphatic heterocycles. The summed E-state index contributed by atoms with van der Waals surface area (Å²) in [6.07, 6.45) is 6.90. The normalized spacial score (nSPS) is 27.8. The van der Waals surface area contributed by atoms with Crippen LogP contribution in [0.5, 0.6) is 0 Å². The van der Waals surface area contributed by atoms with Gasteiger partial charge in [-0.05, 0) is 55.8 Å². The maximum atomic E-state index is 12.0. The number of rotatable bonds is 1. The van der Waals surface area contributed by atoms with Gasteiger partial charge >= 0.3 is 0 Å². The van der Waals surface area contributed by atoms with E-state index in [4.69, 9.17) is 0 Å². The second-order valence-electron chi connectivity index (χ2n) is 6.33. The predicted molar refractivity (Wildman–Crippen MR) is 75.0 cm³/mol. The maximum absolute atomic E-state index is 12.0. The van der Waals surface area contributed by atoms with E-state index in [0.29, 0.717) is 6.04 Å². The molecule has 0 radical (unpaired) electrons. The van der Waals surface area contributed by atoms with Crippen LogP contribution < -0.4 is 10.6 Å². The van der Waals surface area contributed by atoms with Crippen molar-refractivity contribution in [3.05, 3.63) is 29.3 Å². The first-order chi connectivity index (χ1) is 9.27. The maximum Gasteiger partial charge on any atom is 0.230 e. The molecule has 100 valence electrons. The zero-order valence-corrected chi connectivity index (χ0v) is 11.2. The van der Waals surface area contributed by atoms with Crippen molar-refractivity contribution in [1.29, 1.82) is 0 Å². The van der Waals surface area contributed by atoms with Crippen molar-refractivity contribution in [3.8, 4) is 0 Å². The number of carbonyl (C=O) groups excluding carboxylic acids is 1. The van der Waals surface area contributed by atoms with Crippen molar-refractivity contribution in [2.45, 2.75) is 44.6 Å². The topological polar surface area (TPSA) is 41.1 Å². The van der Waals surface area contributed by atoms with Crippen LogP contribution in [0.4, 0.5) is 5.69 Å². The Morgan fingerprint density at radius 2 is 2.11 bits per heavy atom. The van der Waals surface area contributed by atoms with Gasteiger partial charge in [-0.3, -0.25) is 4.79 Å². The van der Waals surface area contributed by atoms with E-state index in [1.165, 1.54) is 30.4 Å². The lowest BCUT2D eigenvalue weighted by molar-refractivity contribution is -0.121. The van der Waals surface area contributed by atoms with E-state index in [9.17, 15) is 4.79 Å². The summed E-state index contributed by atoms with van der Waals surface area (Å²) in [6, 6.07) is 7.09. The number of hydrogen-bond acceptors (Lipinski definition) is 2. The van der Waals surface area contributed by atoms with Crippen molar-refractivity contribution in [2.75, 3.05) is 11.9 Å². The highest BCUT2D eigenvalue weighted by atomic mass is 16.2. The van der Waals surface area contributed by atoms with E-state index in [0.717, 1.165) is 31.5 Å². The Morgan fingerprint density at radius 3 is 2.84 bits per heavy atom. The van der Waals surface area contributed by atoms with E-state index in [1.807, 2.05) is 0 Å². The van der Waals surface area contributed by atoms with Gasteiger partial charge in [-0.2, -0.15) is 0 Å². The Morgan fingerprint density at radius 1 is 1.21 bits per heavy atom. The summed E-state index contributed by atoms with van der Waals surface area (Å²) in [5.41, 5.74) is 3.71. The monoisotopic (exact) mass is 256 g/mol. The third-order valence-corrected chi connectivity index (χ3v) is 4.95. The first-order valence-electron chi connectivity index (χ1n) is 7.45.